The average Bonchev–Trinajstić information content (AvgIpc) is 2.07. The molecule has 15 heavy (non-hydrogen) atoms. The summed E-state index contributed by atoms with van der Waals surface area (Å²) in [6.45, 7) is 0.847. The Kier molecular flexibility index (Phi) is 3.29. The highest BCUT2D eigenvalue weighted by molar-refractivity contribution is 5.77. The summed E-state index contributed by atoms with van der Waals surface area (Å²) in [6, 6.07) is 0. The molecule has 2 saturated carbocycles. The van der Waals surface area contributed by atoms with Crippen LogP contribution in [-0.4, -0.2) is 18.0 Å². The largest absolute Gasteiger partial charge is 0.356 e. The van der Waals surface area contributed by atoms with Gasteiger partial charge in [-0.15, -0.1) is 0 Å². The molecule has 2 rings (SSSR count). The summed E-state index contributed by atoms with van der Waals surface area (Å²) in [5.74, 6) is 1.03. The molecule has 0 heterocycles. The van der Waals surface area contributed by atoms with Crippen LogP contribution in [0.2, 0.25) is 0 Å². The Morgan fingerprint density at radius 1 is 1.33 bits per heavy atom. The van der Waals surface area contributed by atoms with Crippen molar-refractivity contribution in [1.29, 1.82) is 0 Å². The Balaban J connectivity index is 1.55. The van der Waals surface area contributed by atoms with E-state index < -0.39 is 0 Å². The van der Waals surface area contributed by atoms with Gasteiger partial charge in [0.25, 0.3) is 0 Å². The van der Waals surface area contributed by atoms with Crippen LogP contribution in [0, 0.1) is 5.92 Å². The second-order valence-electron chi connectivity index (χ2n) is 5.33. The fraction of sp³-hybridized carbons (Fsp3) is 0.917. The molecule has 0 atom stereocenters. The van der Waals surface area contributed by atoms with E-state index in [1.165, 1.54) is 25.7 Å². The predicted molar refractivity (Wildman–Crippen MR) is 60.4 cm³/mol. The summed E-state index contributed by atoms with van der Waals surface area (Å²) in [6.07, 6.45) is 9.00. The van der Waals surface area contributed by atoms with Crippen molar-refractivity contribution in [1.82, 2.24) is 5.32 Å². The second kappa shape index (κ2) is 4.52. The molecule has 0 aliphatic heterocycles. The lowest BCUT2D eigenvalue weighted by Crippen LogP contribution is -2.50. The van der Waals surface area contributed by atoms with Crippen LogP contribution in [0.3, 0.4) is 0 Å². The summed E-state index contributed by atoms with van der Waals surface area (Å²) in [5, 5.41) is 2.99. The molecule has 2 aliphatic rings. The standard InChI is InChI=1S/C12H22N2O/c13-12(6-2-7-12)9-11(15)14-8-5-10-3-1-4-10/h10H,1-9,13H2,(H,14,15). The summed E-state index contributed by atoms with van der Waals surface area (Å²) in [5.41, 5.74) is 5.85. The van der Waals surface area contributed by atoms with Crippen molar-refractivity contribution in [3.05, 3.63) is 0 Å². The van der Waals surface area contributed by atoms with Gasteiger partial charge in [0.05, 0.1) is 0 Å². The molecule has 2 fully saturated rings. The molecule has 0 aromatic rings. The predicted octanol–water partition coefficient (Wildman–Crippen LogP) is 1.56. The highest BCUT2D eigenvalue weighted by Crippen LogP contribution is 2.32. The topological polar surface area (TPSA) is 55.1 Å². The molecule has 0 unspecified atom stereocenters. The van der Waals surface area contributed by atoms with Gasteiger partial charge >= 0.3 is 0 Å². The van der Waals surface area contributed by atoms with Crippen molar-refractivity contribution >= 4 is 5.91 Å². The molecule has 0 radical (unpaired) electrons. The van der Waals surface area contributed by atoms with Gasteiger partial charge in [-0.3, -0.25) is 4.79 Å². The first-order valence-corrected chi connectivity index (χ1v) is 6.24. The third-order valence-electron chi connectivity index (χ3n) is 3.96. The molecule has 3 nitrogen and oxygen atoms in total. The monoisotopic (exact) mass is 210 g/mol. The molecule has 0 aromatic heterocycles. The van der Waals surface area contributed by atoms with Crippen molar-refractivity contribution in [2.24, 2.45) is 11.7 Å². The molecule has 3 heteroatoms. The van der Waals surface area contributed by atoms with E-state index in [1.54, 1.807) is 0 Å². The molecule has 86 valence electrons. The van der Waals surface area contributed by atoms with Crippen LogP contribution in [0.4, 0.5) is 0 Å². The Morgan fingerprint density at radius 3 is 2.53 bits per heavy atom. The molecular formula is C12H22N2O. The minimum absolute atomic E-state index is 0.150. The first-order chi connectivity index (χ1) is 7.18. The van der Waals surface area contributed by atoms with Crippen LogP contribution < -0.4 is 11.1 Å². The van der Waals surface area contributed by atoms with Gasteiger partial charge in [0.2, 0.25) is 5.91 Å². The third-order valence-corrected chi connectivity index (χ3v) is 3.96. The van der Waals surface area contributed by atoms with Gasteiger partial charge in [-0.2, -0.15) is 0 Å². The number of rotatable bonds is 5. The van der Waals surface area contributed by atoms with E-state index >= 15 is 0 Å². The number of hydrogen-bond acceptors (Lipinski definition) is 2. The maximum atomic E-state index is 11.5. The quantitative estimate of drug-likeness (QED) is 0.723. The van der Waals surface area contributed by atoms with Crippen LogP contribution in [0.25, 0.3) is 0 Å². The summed E-state index contributed by atoms with van der Waals surface area (Å²) >= 11 is 0. The van der Waals surface area contributed by atoms with E-state index in [4.69, 9.17) is 5.73 Å². The number of nitrogens with one attached hydrogen (secondary N) is 1. The van der Waals surface area contributed by atoms with Gasteiger partial charge in [0.15, 0.2) is 0 Å². The van der Waals surface area contributed by atoms with Gasteiger partial charge in [-0.25, -0.2) is 0 Å². The normalized spacial score (nSPS) is 24.1. The lowest BCUT2D eigenvalue weighted by molar-refractivity contribution is -0.123. The van der Waals surface area contributed by atoms with Crippen LogP contribution in [0.5, 0.6) is 0 Å². The lowest BCUT2D eigenvalue weighted by Gasteiger charge is -2.37. The number of nitrogens with two attached hydrogens (primary N) is 1. The lowest BCUT2D eigenvalue weighted by atomic mass is 9.75. The smallest absolute Gasteiger partial charge is 0.221 e. The zero-order valence-electron chi connectivity index (χ0n) is 9.43. The number of carbonyl (C=O) groups excluding carboxylic acids is 1. The minimum atomic E-state index is -0.166. The Hall–Kier alpha value is -0.570. The summed E-state index contributed by atoms with van der Waals surface area (Å²) in [7, 11) is 0. The number of amides is 1. The van der Waals surface area contributed by atoms with Crippen molar-refractivity contribution < 1.29 is 4.79 Å². The fourth-order valence-electron chi connectivity index (χ4n) is 2.39. The average molecular weight is 210 g/mol. The molecule has 3 N–H and O–H groups in total. The van der Waals surface area contributed by atoms with Crippen molar-refractivity contribution in [2.75, 3.05) is 6.54 Å². The van der Waals surface area contributed by atoms with Gasteiger partial charge in [0, 0.05) is 18.5 Å². The maximum absolute atomic E-state index is 11.5. The molecular weight excluding hydrogens is 188 g/mol. The van der Waals surface area contributed by atoms with Gasteiger partial charge in [-0.05, 0) is 31.6 Å². The van der Waals surface area contributed by atoms with E-state index in [1.807, 2.05) is 0 Å². The molecule has 0 spiro atoms. The maximum Gasteiger partial charge on any atom is 0.221 e. The number of hydrogen-bond donors (Lipinski definition) is 2. The first kappa shape index (κ1) is 10.9. The SMILES string of the molecule is NC1(CC(=O)NCCC2CCC2)CCC1. The van der Waals surface area contributed by atoms with E-state index in [0.717, 1.165) is 31.7 Å². The van der Waals surface area contributed by atoms with Gasteiger partial charge in [0.1, 0.15) is 0 Å². The van der Waals surface area contributed by atoms with E-state index in [9.17, 15) is 4.79 Å². The molecule has 0 bridgehead atoms. The van der Waals surface area contributed by atoms with Crippen LogP contribution in [0.1, 0.15) is 51.4 Å². The molecule has 0 saturated heterocycles. The third kappa shape index (κ3) is 2.94. The Bertz CT molecular complexity index is 232. The zero-order valence-corrected chi connectivity index (χ0v) is 9.43. The van der Waals surface area contributed by atoms with Crippen LogP contribution >= 0.6 is 0 Å². The zero-order chi connectivity index (χ0) is 10.7. The van der Waals surface area contributed by atoms with Crippen molar-refractivity contribution in [3.63, 3.8) is 0 Å². The van der Waals surface area contributed by atoms with Crippen LogP contribution in [0.15, 0.2) is 0 Å². The van der Waals surface area contributed by atoms with E-state index in [2.05, 4.69) is 5.32 Å². The molecule has 2 aliphatic carbocycles. The van der Waals surface area contributed by atoms with Crippen molar-refractivity contribution in [3.8, 4) is 0 Å². The second-order valence-corrected chi connectivity index (χ2v) is 5.33. The van der Waals surface area contributed by atoms with E-state index in [0.29, 0.717) is 6.42 Å². The number of carbonyl (C=O) groups is 1. The summed E-state index contributed by atoms with van der Waals surface area (Å²) in [4.78, 5) is 11.5. The molecule has 1 amide bonds. The Labute approximate surface area is 91.8 Å². The van der Waals surface area contributed by atoms with Crippen molar-refractivity contribution in [2.45, 2.75) is 56.9 Å². The highest BCUT2D eigenvalue weighted by atomic mass is 16.1. The summed E-state index contributed by atoms with van der Waals surface area (Å²) < 4.78 is 0. The van der Waals surface area contributed by atoms with Gasteiger partial charge < -0.3 is 11.1 Å². The Morgan fingerprint density at radius 2 is 2.07 bits per heavy atom. The minimum Gasteiger partial charge on any atom is -0.356 e. The van der Waals surface area contributed by atoms with E-state index in [-0.39, 0.29) is 11.4 Å². The van der Waals surface area contributed by atoms with Gasteiger partial charge in [-0.1, -0.05) is 19.3 Å². The fourth-order valence-corrected chi connectivity index (χ4v) is 2.39. The molecule has 0 aromatic carbocycles. The van der Waals surface area contributed by atoms with Crippen LogP contribution in [-0.2, 0) is 4.79 Å². The highest BCUT2D eigenvalue weighted by Gasteiger charge is 2.34. The first-order valence-electron chi connectivity index (χ1n) is 6.24.